The van der Waals surface area contributed by atoms with Crippen LogP contribution in [-0.4, -0.2) is 14.7 Å². The molecule has 2 nitrogen and oxygen atoms in total. The van der Waals surface area contributed by atoms with Crippen LogP contribution in [0.15, 0.2) is 29.2 Å². The molecule has 0 heterocycles. The highest BCUT2D eigenvalue weighted by atomic mass is 32.2. The predicted molar refractivity (Wildman–Crippen MR) is 81.3 cm³/mol. The molecule has 1 aromatic carbocycles. The van der Waals surface area contributed by atoms with Crippen molar-refractivity contribution in [1.29, 1.82) is 0 Å². The highest BCUT2D eigenvalue weighted by molar-refractivity contribution is 7.90. The molecule has 108 valence electrons. The van der Waals surface area contributed by atoms with Crippen LogP contribution in [0.5, 0.6) is 0 Å². The Hall–Kier alpha value is -0.830. The SMILES string of the molecule is CCCCCCC(C)(C)c1ccc(S(C)(=O)=O)cc1. The van der Waals surface area contributed by atoms with E-state index < -0.39 is 9.84 Å². The van der Waals surface area contributed by atoms with Gasteiger partial charge in [-0.2, -0.15) is 0 Å². The van der Waals surface area contributed by atoms with Crippen molar-refractivity contribution in [3.05, 3.63) is 29.8 Å². The number of benzene rings is 1. The topological polar surface area (TPSA) is 34.1 Å². The zero-order valence-corrected chi connectivity index (χ0v) is 13.4. The number of rotatable bonds is 7. The standard InChI is InChI=1S/C16H26O2S/c1-5-6-7-8-13-16(2,3)14-9-11-15(12-10-14)19(4,17)18/h9-12H,5-8,13H2,1-4H3. The van der Waals surface area contributed by atoms with Crippen LogP contribution in [-0.2, 0) is 15.3 Å². The third-order valence-electron chi connectivity index (χ3n) is 3.72. The van der Waals surface area contributed by atoms with E-state index in [9.17, 15) is 8.42 Å². The third-order valence-corrected chi connectivity index (χ3v) is 4.85. The summed E-state index contributed by atoms with van der Waals surface area (Å²) in [6.45, 7) is 6.68. The molecule has 0 bridgehead atoms. The second kappa shape index (κ2) is 6.56. The van der Waals surface area contributed by atoms with E-state index in [1.165, 1.54) is 37.5 Å². The highest BCUT2D eigenvalue weighted by Gasteiger charge is 2.20. The summed E-state index contributed by atoms with van der Waals surface area (Å²) in [5, 5.41) is 0. The molecule has 0 unspecified atom stereocenters. The van der Waals surface area contributed by atoms with Crippen molar-refractivity contribution in [2.75, 3.05) is 6.26 Å². The number of hydrogen-bond donors (Lipinski definition) is 0. The average Bonchev–Trinajstić information content (AvgIpc) is 2.34. The Labute approximate surface area is 118 Å². The van der Waals surface area contributed by atoms with Gasteiger partial charge in [-0.05, 0) is 29.5 Å². The molecule has 0 spiro atoms. The molecule has 0 amide bonds. The predicted octanol–water partition coefficient (Wildman–Crippen LogP) is 4.34. The molecule has 0 N–H and O–H groups in total. The summed E-state index contributed by atoms with van der Waals surface area (Å²) >= 11 is 0. The molecule has 0 atom stereocenters. The van der Waals surface area contributed by atoms with E-state index in [4.69, 9.17) is 0 Å². The normalized spacial score (nSPS) is 12.6. The van der Waals surface area contributed by atoms with Gasteiger partial charge >= 0.3 is 0 Å². The van der Waals surface area contributed by atoms with Gasteiger partial charge in [0.15, 0.2) is 9.84 Å². The minimum atomic E-state index is -3.09. The van der Waals surface area contributed by atoms with Crippen LogP contribution in [0, 0.1) is 0 Å². The summed E-state index contributed by atoms with van der Waals surface area (Å²) < 4.78 is 22.9. The van der Waals surface area contributed by atoms with Crippen LogP contribution >= 0.6 is 0 Å². The van der Waals surface area contributed by atoms with Crippen molar-refractivity contribution < 1.29 is 8.42 Å². The van der Waals surface area contributed by atoms with Gasteiger partial charge in [0.25, 0.3) is 0 Å². The van der Waals surface area contributed by atoms with E-state index in [1.807, 2.05) is 12.1 Å². The maximum absolute atomic E-state index is 11.4. The monoisotopic (exact) mass is 282 g/mol. The fraction of sp³-hybridized carbons (Fsp3) is 0.625. The molecule has 1 rings (SSSR count). The van der Waals surface area contributed by atoms with Gasteiger partial charge in [0.2, 0.25) is 0 Å². The smallest absolute Gasteiger partial charge is 0.175 e. The lowest BCUT2D eigenvalue weighted by atomic mass is 9.80. The zero-order valence-electron chi connectivity index (χ0n) is 12.6. The van der Waals surface area contributed by atoms with Gasteiger partial charge in [-0.25, -0.2) is 8.42 Å². The van der Waals surface area contributed by atoms with Crippen molar-refractivity contribution in [2.24, 2.45) is 0 Å². The molecule has 0 aliphatic rings. The van der Waals surface area contributed by atoms with E-state index >= 15 is 0 Å². The lowest BCUT2D eigenvalue weighted by Gasteiger charge is -2.25. The molecular formula is C16H26O2S. The van der Waals surface area contributed by atoms with Crippen LogP contribution in [0.25, 0.3) is 0 Å². The quantitative estimate of drug-likeness (QED) is 0.697. The first-order chi connectivity index (χ1) is 8.77. The fourth-order valence-corrected chi connectivity index (χ4v) is 2.92. The number of hydrogen-bond acceptors (Lipinski definition) is 2. The maximum atomic E-state index is 11.4. The van der Waals surface area contributed by atoms with Crippen molar-refractivity contribution in [3.63, 3.8) is 0 Å². The Kier molecular flexibility index (Phi) is 5.60. The van der Waals surface area contributed by atoms with Crippen molar-refractivity contribution in [1.82, 2.24) is 0 Å². The first-order valence-corrected chi connectivity index (χ1v) is 8.97. The van der Waals surface area contributed by atoms with Crippen LogP contribution < -0.4 is 0 Å². The zero-order chi connectivity index (χ0) is 14.5. The van der Waals surface area contributed by atoms with Gasteiger partial charge in [-0.1, -0.05) is 58.6 Å². The van der Waals surface area contributed by atoms with Crippen molar-refractivity contribution in [3.8, 4) is 0 Å². The molecule has 0 saturated carbocycles. The van der Waals surface area contributed by atoms with Crippen molar-refractivity contribution >= 4 is 9.84 Å². The molecule has 0 saturated heterocycles. The summed E-state index contributed by atoms with van der Waals surface area (Å²) in [4.78, 5) is 0.401. The Bertz CT molecular complexity index is 484. The van der Waals surface area contributed by atoms with Crippen LogP contribution in [0.2, 0.25) is 0 Å². The van der Waals surface area contributed by atoms with Crippen LogP contribution in [0.4, 0.5) is 0 Å². The number of unbranched alkanes of at least 4 members (excludes halogenated alkanes) is 3. The Morgan fingerprint density at radius 3 is 2.05 bits per heavy atom. The lowest BCUT2D eigenvalue weighted by molar-refractivity contribution is 0.446. The second-order valence-corrected chi connectivity index (χ2v) is 8.01. The highest BCUT2D eigenvalue weighted by Crippen LogP contribution is 2.30. The molecular weight excluding hydrogens is 256 g/mol. The summed E-state index contributed by atoms with van der Waals surface area (Å²) in [6.07, 6.45) is 7.45. The Balaban J connectivity index is 2.73. The van der Waals surface area contributed by atoms with Gasteiger partial charge in [0, 0.05) is 6.26 Å². The van der Waals surface area contributed by atoms with E-state index in [0.29, 0.717) is 4.90 Å². The van der Waals surface area contributed by atoms with E-state index in [0.717, 1.165) is 6.42 Å². The summed E-state index contributed by atoms with van der Waals surface area (Å²) in [5.41, 5.74) is 1.33. The molecule has 0 aliphatic carbocycles. The molecule has 0 fully saturated rings. The summed E-state index contributed by atoms with van der Waals surface area (Å²) in [6, 6.07) is 7.35. The molecule has 0 aromatic heterocycles. The minimum absolute atomic E-state index is 0.115. The van der Waals surface area contributed by atoms with Crippen LogP contribution in [0.1, 0.15) is 58.4 Å². The molecule has 1 aromatic rings. The van der Waals surface area contributed by atoms with Gasteiger partial charge in [0.05, 0.1) is 4.90 Å². The number of sulfone groups is 1. The third kappa shape index (κ3) is 4.98. The Morgan fingerprint density at radius 2 is 1.58 bits per heavy atom. The maximum Gasteiger partial charge on any atom is 0.175 e. The van der Waals surface area contributed by atoms with Crippen molar-refractivity contribution in [2.45, 2.75) is 63.2 Å². The van der Waals surface area contributed by atoms with Gasteiger partial charge in [-0.15, -0.1) is 0 Å². The van der Waals surface area contributed by atoms with Gasteiger partial charge < -0.3 is 0 Å². The van der Waals surface area contributed by atoms with E-state index in [-0.39, 0.29) is 5.41 Å². The van der Waals surface area contributed by atoms with Crippen LogP contribution in [0.3, 0.4) is 0 Å². The summed E-state index contributed by atoms with van der Waals surface area (Å²) in [5.74, 6) is 0. The molecule has 0 aliphatic heterocycles. The molecule has 19 heavy (non-hydrogen) atoms. The second-order valence-electron chi connectivity index (χ2n) is 5.99. The lowest BCUT2D eigenvalue weighted by Crippen LogP contribution is -2.17. The fourth-order valence-electron chi connectivity index (χ4n) is 2.29. The summed E-state index contributed by atoms with van der Waals surface area (Å²) in [7, 11) is -3.09. The Morgan fingerprint density at radius 1 is 1.00 bits per heavy atom. The van der Waals surface area contributed by atoms with E-state index in [1.54, 1.807) is 12.1 Å². The van der Waals surface area contributed by atoms with E-state index in [2.05, 4.69) is 20.8 Å². The molecule has 3 heteroatoms. The van der Waals surface area contributed by atoms with Gasteiger partial charge in [-0.3, -0.25) is 0 Å². The largest absolute Gasteiger partial charge is 0.224 e. The average molecular weight is 282 g/mol. The van der Waals surface area contributed by atoms with Gasteiger partial charge in [0.1, 0.15) is 0 Å². The minimum Gasteiger partial charge on any atom is -0.224 e. The molecule has 0 radical (unpaired) electrons. The first-order valence-electron chi connectivity index (χ1n) is 7.08. The first kappa shape index (κ1) is 16.2.